The minimum Gasteiger partial charge on any atom is -0.406 e. The molecule has 0 saturated heterocycles. The Morgan fingerprint density at radius 1 is 1.19 bits per heavy atom. The van der Waals surface area contributed by atoms with Crippen molar-refractivity contribution in [3.8, 4) is 17.1 Å². The van der Waals surface area contributed by atoms with E-state index in [1.165, 1.54) is 18.2 Å². The lowest BCUT2D eigenvalue weighted by Gasteiger charge is -2.16. The van der Waals surface area contributed by atoms with Crippen molar-refractivity contribution in [2.24, 2.45) is 5.73 Å². The molecule has 1 atom stereocenters. The van der Waals surface area contributed by atoms with Gasteiger partial charge in [-0.3, -0.25) is 10.1 Å². The summed E-state index contributed by atoms with van der Waals surface area (Å²) in [5.41, 5.74) is 6.95. The van der Waals surface area contributed by atoms with Gasteiger partial charge in [-0.2, -0.15) is 5.10 Å². The number of nitrogens with one attached hydrogen (secondary N) is 2. The quantitative estimate of drug-likeness (QED) is 0.622. The molecule has 0 amide bonds. The van der Waals surface area contributed by atoms with E-state index in [0.717, 1.165) is 5.56 Å². The predicted molar refractivity (Wildman–Crippen MR) is 88.2 cm³/mol. The second-order valence-electron chi connectivity index (χ2n) is 5.29. The van der Waals surface area contributed by atoms with E-state index in [1.54, 1.807) is 30.6 Å². The molecule has 0 radical (unpaired) electrons. The summed E-state index contributed by atoms with van der Waals surface area (Å²) in [5, 5.41) is 9.94. The Morgan fingerprint density at radius 3 is 2.65 bits per heavy atom. The number of H-pyrrole nitrogens is 1. The van der Waals surface area contributed by atoms with E-state index in [4.69, 9.17) is 5.73 Å². The van der Waals surface area contributed by atoms with Gasteiger partial charge >= 0.3 is 6.36 Å². The van der Waals surface area contributed by atoms with Gasteiger partial charge in [0.1, 0.15) is 11.6 Å². The van der Waals surface area contributed by atoms with Crippen LogP contribution < -0.4 is 15.8 Å². The first-order chi connectivity index (χ1) is 12.4. The standard InChI is InChI=1S/C16H15F3N6O/c17-16(18,19)26-12-3-1-2-11(8-12)22-13(9-20)15-23-14(24-25-15)10-4-6-21-7-5-10/h1-8,13,22H,9,20H2,(H,23,24,25). The zero-order valence-electron chi connectivity index (χ0n) is 13.4. The minimum atomic E-state index is -4.75. The summed E-state index contributed by atoms with van der Waals surface area (Å²) in [4.78, 5) is 8.31. The zero-order valence-corrected chi connectivity index (χ0v) is 13.4. The summed E-state index contributed by atoms with van der Waals surface area (Å²) >= 11 is 0. The molecule has 0 spiro atoms. The van der Waals surface area contributed by atoms with Crippen LogP contribution in [0.15, 0.2) is 48.8 Å². The molecule has 0 saturated carbocycles. The lowest BCUT2D eigenvalue weighted by molar-refractivity contribution is -0.274. The van der Waals surface area contributed by atoms with E-state index >= 15 is 0 Å². The number of benzene rings is 1. The van der Waals surface area contributed by atoms with E-state index in [0.29, 0.717) is 17.3 Å². The Hall–Kier alpha value is -3.14. The molecular formula is C16H15F3N6O. The summed E-state index contributed by atoms with van der Waals surface area (Å²) in [7, 11) is 0. The third-order valence-corrected chi connectivity index (χ3v) is 3.42. The average molecular weight is 364 g/mol. The molecule has 1 unspecified atom stereocenters. The van der Waals surface area contributed by atoms with Gasteiger partial charge < -0.3 is 15.8 Å². The molecule has 4 N–H and O–H groups in total. The van der Waals surface area contributed by atoms with Crippen LogP contribution in [0.3, 0.4) is 0 Å². The Bertz CT molecular complexity index is 852. The first kappa shape index (κ1) is 17.7. The smallest absolute Gasteiger partial charge is 0.406 e. The van der Waals surface area contributed by atoms with Crippen LogP contribution in [0.1, 0.15) is 11.9 Å². The first-order valence-electron chi connectivity index (χ1n) is 7.60. The third kappa shape index (κ3) is 4.48. The molecule has 0 aliphatic rings. The van der Waals surface area contributed by atoms with Gasteiger partial charge in [-0.1, -0.05) is 6.07 Å². The van der Waals surface area contributed by atoms with Crippen molar-refractivity contribution < 1.29 is 17.9 Å². The Kier molecular flexibility index (Phi) is 5.03. The van der Waals surface area contributed by atoms with Gasteiger partial charge in [0.2, 0.25) is 0 Å². The highest BCUT2D eigenvalue weighted by Gasteiger charge is 2.31. The fourth-order valence-electron chi connectivity index (χ4n) is 2.28. The topological polar surface area (TPSA) is 102 Å². The number of nitrogens with zero attached hydrogens (tertiary/aromatic N) is 3. The number of aromatic nitrogens is 4. The van der Waals surface area contributed by atoms with Crippen molar-refractivity contribution in [1.82, 2.24) is 20.2 Å². The van der Waals surface area contributed by atoms with Crippen molar-refractivity contribution >= 4 is 5.69 Å². The normalized spacial score (nSPS) is 12.6. The number of anilines is 1. The van der Waals surface area contributed by atoms with E-state index in [2.05, 4.69) is 30.2 Å². The number of aromatic amines is 1. The molecule has 2 heterocycles. The van der Waals surface area contributed by atoms with Crippen LogP contribution in [0.25, 0.3) is 11.4 Å². The molecule has 26 heavy (non-hydrogen) atoms. The Labute approximate surface area is 146 Å². The molecule has 0 fully saturated rings. The number of nitrogens with two attached hydrogens (primary N) is 1. The Balaban J connectivity index is 1.76. The summed E-state index contributed by atoms with van der Waals surface area (Å²) < 4.78 is 40.9. The maximum atomic E-state index is 12.3. The molecule has 0 bridgehead atoms. The maximum Gasteiger partial charge on any atom is 0.573 e. The molecule has 2 aromatic heterocycles. The number of alkyl halides is 3. The van der Waals surface area contributed by atoms with Crippen LogP contribution in [0, 0.1) is 0 Å². The largest absolute Gasteiger partial charge is 0.573 e. The monoisotopic (exact) mass is 364 g/mol. The molecule has 136 valence electrons. The van der Waals surface area contributed by atoms with E-state index < -0.39 is 12.4 Å². The Morgan fingerprint density at radius 2 is 1.96 bits per heavy atom. The molecule has 0 aliphatic carbocycles. The van der Waals surface area contributed by atoms with Gasteiger partial charge in [-0.05, 0) is 24.3 Å². The molecule has 3 rings (SSSR count). The van der Waals surface area contributed by atoms with E-state index in [1.807, 2.05) is 0 Å². The number of hydrogen-bond acceptors (Lipinski definition) is 6. The lowest BCUT2D eigenvalue weighted by atomic mass is 10.2. The molecule has 7 nitrogen and oxygen atoms in total. The molecule has 0 aliphatic heterocycles. The second kappa shape index (κ2) is 7.40. The van der Waals surface area contributed by atoms with Gasteiger partial charge in [0.25, 0.3) is 0 Å². The number of halogens is 3. The van der Waals surface area contributed by atoms with Crippen molar-refractivity contribution in [2.45, 2.75) is 12.4 Å². The van der Waals surface area contributed by atoms with Crippen LogP contribution in [0.4, 0.5) is 18.9 Å². The van der Waals surface area contributed by atoms with Crippen LogP contribution in [-0.2, 0) is 0 Å². The highest BCUT2D eigenvalue weighted by molar-refractivity contribution is 5.54. The van der Waals surface area contributed by atoms with Gasteiger partial charge in [0.05, 0.1) is 6.04 Å². The highest BCUT2D eigenvalue weighted by Crippen LogP contribution is 2.26. The van der Waals surface area contributed by atoms with Crippen LogP contribution >= 0.6 is 0 Å². The maximum absolute atomic E-state index is 12.3. The fraction of sp³-hybridized carbons (Fsp3) is 0.188. The van der Waals surface area contributed by atoms with Gasteiger partial charge in [0.15, 0.2) is 5.82 Å². The van der Waals surface area contributed by atoms with Crippen molar-refractivity contribution in [3.63, 3.8) is 0 Å². The van der Waals surface area contributed by atoms with Gasteiger partial charge in [-0.25, -0.2) is 4.98 Å². The highest BCUT2D eigenvalue weighted by atomic mass is 19.4. The second-order valence-corrected chi connectivity index (χ2v) is 5.29. The third-order valence-electron chi connectivity index (χ3n) is 3.42. The predicted octanol–water partition coefficient (Wildman–Crippen LogP) is 2.88. The zero-order chi connectivity index (χ0) is 18.6. The minimum absolute atomic E-state index is 0.148. The van der Waals surface area contributed by atoms with Crippen LogP contribution in [0.2, 0.25) is 0 Å². The number of hydrogen-bond donors (Lipinski definition) is 3. The van der Waals surface area contributed by atoms with E-state index in [-0.39, 0.29) is 12.3 Å². The number of rotatable bonds is 6. The van der Waals surface area contributed by atoms with Crippen LogP contribution in [0.5, 0.6) is 5.75 Å². The van der Waals surface area contributed by atoms with Crippen LogP contribution in [-0.4, -0.2) is 33.1 Å². The molecule has 10 heteroatoms. The van der Waals surface area contributed by atoms with Gasteiger partial charge in [-0.15, -0.1) is 13.2 Å². The lowest BCUT2D eigenvalue weighted by Crippen LogP contribution is -2.22. The SMILES string of the molecule is NCC(Nc1cccc(OC(F)(F)F)c1)c1nc(-c2ccncc2)n[nH]1. The number of ether oxygens (including phenoxy) is 1. The summed E-state index contributed by atoms with van der Waals surface area (Å²) in [6.45, 7) is 0.148. The number of pyridine rings is 1. The van der Waals surface area contributed by atoms with E-state index in [9.17, 15) is 13.2 Å². The molecular weight excluding hydrogens is 349 g/mol. The first-order valence-corrected chi connectivity index (χ1v) is 7.60. The summed E-state index contributed by atoms with van der Waals surface area (Å²) in [6.07, 6.45) is -1.51. The molecule has 3 aromatic rings. The molecule has 1 aromatic carbocycles. The average Bonchev–Trinajstić information content (AvgIpc) is 3.09. The van der Waals surface area contributed by atoms with Crippen molar-refractivity contribution in [1.29, 1.82) is 0 Å². The van der Waals surface area contributed by atoms with Crippen molar-refractivity contribution in [2.75, 3.05) is 11.9 Å². The summed E-state index contributed by atoms with van der Waals surface area (Å²) in [5.74, 6) is 0.603. The fourth-order valence-corrected chi connectivity index (χ4v) is 2.28. The van der Waals surface area contributed by atoms with Gasteiger partial charge in [0, 0.05) is 36.3 Å². The summed E-state index contributed by atoms with van der Waals surface area (Å²) in [6, 6.07) is 8.54. The van der Waals surface area contributed by atoms with Crippen molar-refractivity contribution in [3.05, 3.63) is 54.6 Å².